The highest BCUT2D eigenvalue weighted by Crippen LogP contribution is 2.20. The Bertz CT molecular complexity index is 700. The number of piperidine rings is 1. The minimum absolute atomic E-state index is 0.0646. The molecule has 2 atom stereocenters. The molecular weight excluding hydrogens is 328 g/mol. The summed E-state index contributed by atoms with van der Waals surface area (Å²) in [5, 5.41) is 6.34. The molecular formula is C17H19ClN4O2. The molecule has 1 saturated heterocycles. The summed E-state index contributed by atoms with van der Waals surface area (Å²) < 4.78 is 1.93. The SMILES string of the molecule is O=C1CCC[C@@H](C(=O)NC[C@H](c2ccc(Cl)cc2)n2ccnc2)N1. The van der Waals surface area contributed by atoms with E-state index in [-0.39, 0.29) is 17.9 Å². The lowest BCUT2D eigenvalue weighted by Crippen LogP contribution is -2.49. The minimum atomic E-state index is -0.445. The van der Waals surface area contributed by atoms with E-state index in [1.807, 2.05) is 35.0 Å². The van der Waals surface area contributed by atoms with E-state index in [4.69, 9.17) is 11.6 Å². The van der Waals surface area contributed by atoms with E-state index in [1.54, 1.807) is 12.5 Å². The van der Waals surface area contributed by atoms with Crippen LogP contribution in [0.25, 0.3) is 0 Å². The Labute approximate surface area is 145 Å². The van der Waals surface area contributed by atoms with Gasteiger partial charge in [0.25, 0.3) is 0 Å². The Balaban J connectivity index is 1.69. The number of carbonyl (C=O) groups excluding carboxylic acids is 2. The molecule has 0 saturated carbocycles. The number of nitrogens with zero attached hydrogens (tertiary/aromatic N) is 2. The molecule has 0 radical (unpaired) electrons. The van der Waals surface area contributed by atoms with Gasteiger partial charge >= 0.3 is 0 Å². The van der Waals surface area contributed by atoms with Crippen molar-refractivity contribution in [3.05, 3.63) is 53.6 Å². The maximum atomic E-state index is 12.3. The highest BCUT2D eigenvalue weighted by Gasteiger charge is 2.25. The average Bonchev–Trinajstić information content (AvgIpc) is 3.11. The van der Waals surface area contributed by atoms with E-state index in [0.29, 0.717) is 24.4 Å². The molecule has 24 heavy (non-hydrogen) atoms. The summed E-state index contributed by atoms with van der Waals surface area (Å²) in [5.74, 6) is -0.215. The van der Waals surface area contributed by atoms with Crippen molar-refractivity contribution in [1.29, 1.82) is 0 Å². The Kier molecular flexibility index (Phi) is 5.15. The normalized spacial score (nSPS) is 18.7. The number of carbonyl (C=O) groups is 2. The molecule has 0 spiro atoms. The van der Waals surface area contributed by atoms with Crippen molar-refractivity contribution in [2.45, 2.75) is 31.3 Å². The van der Waals surface area contributed by atoms with E-state index in [1.165, 1.54) is 0 Å². The van der Waals surface area contributed by atoms with Crippen LogP contribution in [0, 0.1) is 0 Å². The van der Waals surface area contributed by atoms with Gasteiger partial charge in [-0.05, 0) is 30.5 Å². The largest absolute Gasteiger partial charge is 0.352 e. The molecule has 7 heteroatoms. The van der Waals surface area contributed by atoms with Crippen LogP contribution >= 0.6 is 11.6 Å². The van der Waals surface area contributed by atoms with Crippen LogP contribution in [0.1, 0.15) is 30.9 Å². The molecule has 6 nitrogen and oxygen atoms in total. The summed E-state index contributed by atoms with van der Waals surface area (Å²) in [6, 6.07) is 6.98. The van der Waals surface area contributed by atoms with Crippen LogP contribution < -0.4 is 10.6 Å². The van der Waals surface area contributed by atoms with Gasteiger partial charge in [-0.1, -0.05) is 23.7 Å². The standard InChI is InChI=1S/C17H19ClN4O2/c18-13-6-4-12(5-7-13)15(22-9-8-19-11-22)10-20-17(24)14-2-1-3-16(23)21-14/h4-9,11,14-15H,1-3,10H2,(H,20,24)(H,21,23)/t14-,15+/m0/s1. The molecule has 1 aliphatic rings. The zero-order valence-corrected chi connectivity index (χ0v) is 13.9. The number of halogens is 1. The Hall–Kier alpha value is -2.34. The number of rotatable bonds is 5. The van der Waals surface area contributed by atoms with Crippen LogP contribution in [-0.2, 0) is 9.59 Å². The first-order valence-corrected chi connectivity index (χ1v) is 8.31. The number of hydrogen-bond acceptors (Lipinski definition) is 3. The Morgan fingerprint density at radius 1 is 1.42 bits per heavy atom. The number of aromatic nitrogens is 2. The first-order chi connectivity index (χ1) is 11.6. The zero-order valence-electron chi connectivity index (χ0n) is 13.1. The maximum absolute atomic E-state index is 12.3. The first kappa shape index (κ1) is 16.5. The minimum Gasteiger partial charge on any atom is -0.352 e. The fraction of sp³-hybridized carbons (Fsp3) is 0.353. The molecule has 1 fully saturated rings. The van der Waals surface area contributed by atoms with Crippen LogP contribution in [-0.4, -0.2) is 34.0 Å². The predicted octanol–water partition coefficient (Wildman–Crippen LogP) is 1.91. The molecule has 1 aromatic heterocycles. The summed E-state index contributed by atoms with van der Waals surface area (Å²) in [7, 11) is 0. The van der Waals surface area contributed by atoms with Crippen molar-refractivity contribution in [3.8, 4) is 0 Å². The fourth-order valence-electron chi connectivity index (χ4n) is 2.86. The topological polar surface area (TPSA) is 76.0 Å². The molecule has 2 amide bonds. The summed E-state index contributed by atoms with van der Waals surface area (Å²) in [4.78, 5) is 27.9. The van der Waals surface area contributed by atoms with Gasteiger partial charge in [-0.2, -0.15) is 0 Å². The average molecular weight is 347 g/mol. The maximum Gasteiger partial charge on any atom is 0.242 e. The fourth-order valence-corrected chi connectivity index (χ4v) is 2.98. The molecule has 1 aliphatic heterocycles. The van der Waals surface area contributed by atoms with Crippen LogP contribution in [0.3, 0.4) is 0 Å². The van der Waals surface area contributed by atoms with E-state index < -0.39 is 6.04 Å². The van der Waals surface area contributed by atoms with E-state index in [9.17, 15) is 9.59 Å². The van der Waals surface area contributed by atoms with Crippen LogP contribution in [0.2, 0.25) is 5.02 Å². The number of benzene rings is 1. The molecule has 0 unspecified atom stereocenters. The molecule has 2 N–H and O–H groups in total. The summed E-state index contributed by atoms with van der Waals surface area (Å²) in [6.07, 6.45) is 7.18. The van der Waals surface area contributed by atoms with Crippen molar-refractivity contribution >= 4 is 23.4 Å². The third kappa shape index (κ3) is 3.94. The van der Waals surface area contributed by atoms with E-state index in [0.717, 1.165) is 12.0 Å². The van der Waals surface area contributed by atoms with Gasteiger partial charge in [0, 0.05) is 30.4 Å². The number of imidazole rings is 1. The third-order valence-corrected chi connectivity index (χ3v) is 4.41. The lowest BCUT2D eigenvalue weighted by Gasteiger charge is -2.25. The van der Waals surface area contributed by atoms with Gasteiger partial charge in [0.1, 0.15) is 6.04 Å². The molecule has 0 bridgehead atoms. The van der Waals surface area contributed by atoms with Crippen molar-refractivity contribution in [3.63, 3.8) is 0 Å². The van der Waals surface area contributed by atoms with Gasteiger partial charge in [0.2, 0.25) is 11.8 Å². The highest BCUT2D eigenvalue weighted by atomic mass is 35.5. The smallest absolute Gasteiger partial charge is 0.242 e. The highest BCUT2D eigenvalue weighted by molar-refractivity contribution is 6.30. The molecule has 126 valence electrons. The van der Waals surface area contributed by atoms with Gasteiger partial charge in [-0.3, -0.25) is 9.59 Å². The molecule has 0 aliphatic carbocycles. The van der Waals surface area contributed by atoms with Gasteiger partial charge in [-0.15, -0.1) is 0 Å². The second-order valence-electron chi connectivity index (χ2n) is 5.83. The van der Waals surface area contributed by atoms with Gasteiger partial charge in [0.05, 0.1) is 12.4 Å². The van der Waals surface area contributed by atoms with Crippen molar-refractivity contribution in [1.82, 2.24) is 20.2 Å². The van der Waals surface area contributed by atoms with Crippen LogP contribution in [0.5, 0.6) is 0 Å². The lowest BCUT2D eigenvalue weighted by atomic mass is 10.0. The predicted molar refractivity (Wildman–Crippen MR) is 90.6 cm³/mol. The number of nitrogens with one attached hydrogen (secondary N) is 2. The number of amides is 2. The summed E-state index contributed by atoms with van der Waals surface area (Å²) in [5.41, 5.74) is 1.02. The van der Waals surface area contributed by atoms with Gasteiger partial charge in [-0.25, -0.2) is 4.98 Å². The van der Waals surface area contributed by atoms with Gasteiger partial charge in [0.15, 0.2) is 0 Å². The quantitative estimate of drug-likeness (QED) is 0.868. The summed E-state index contributed by atoms with van der Waals surface area (Å²) in [6.45, 7) is 0.406. The second kappa shape index (κ2) is 7.49. The van der Waals surface area contributed by atoms with Crippen LogP contribution in [0.4, 0.5) is 0 Å². The molecule has 3 rings (SSSR count). The zero-order chi connectivity index (χ0) is 16.9. The summed E-state index contributed by atoms with van der Waals surface area (Å²) >= 11 is 5.95. The molecule has 2 aromatic rings. The second-order valence-corrected chi connectivity index (χ2v) is 6.27. The first-order valence-electron chi connectivity index (χ1n) is 7.93. The van der Waals surface area contributed by atoms with Crippen LogP contribution in [0.15, 0.2) is 43.0 Å². The van der Waals surface area contributed by atoms with Crippen molar-refractivity contribution in [2.75, 3.05) is 6.54 Å². The lowest BCUT2D eigenvalue weighted by molar-refractivity contribution is -0.131. The molecule has 2 heterocycles. The molecule has 1 aromatic carbocycles. The Morgan fingerprint density at radius 2 is 2.21 bits per heavy atom. The monoisotopic (exact) mass is 346 g/mol. The van der Waals surface area contributed by atoms with Crippen molar-refractivity contribution < 1.29 is 9.59 Å². The van der Waals surface area contributed by atoms with Gasteiger partial charge < -0.3 is 15.2 Å². The van der Waals surface area contributed by atoms with E-state index >= 15 is 0 Å². The number of hydrogen-bond donors (Lipinski definition) is 2. The Morgan fingerprint density at radius 3 is 2.88 bits per heavy atom. The van der Waals surface area contributed by atoms with E-state index in [2.05, 4.69) is 15.6 Å². The van der Waals surface area contributed by atoms with Crippen molar-refractivity contribution in [2.24, 2.45) is 0 Å². The third-order valence-electron chi connectivity index (χ3n) is 4.16.